The van der Waals surface area contributed by atoms with Gasteiger partial charge in [-0.15, -0.1) is 0 Å². The molecule has 0 spiro atoms. The molecule has 0 heterocycles. The van der Waals surface area contributed by atoms with Crippen LogP contribution in [0.15, 0.2) is 48.5 Å². The summed E-state index contributed by atoms with van der Waals surface area (Å²) < 4.78 is 22.1. The molecule has 2 aromatic rings. The van der Waals surface area contributed by atoms with Crippen LogP contribution in [0.4, 0.5) is 4.79 Å². The summed E-state index contributed by atoms with van der Waals surface area (Å²) >= 11 is 0. The summed E-state index contributed by atoms with van der Waals surface area (Å²) in [6, 6.07) is 13.3. The van der Waals surface area contributed by atoms with Crippen LogP contribution in [0, 0.1) is 0 Å². The number of rotatable bonds is 10. The van der Waals surface area contributed by atoms with E-state index in [0.717, 1.165) is 5.75 Å². The molecule has 9 nitrogen and oxygen atoms in total. The van der Waals surface area contributed by atoms with Gasteiger partial charge in [0.1, 0.15) is 19.0 Å². The van der Waals surface area contributed by atoms with Gasteiger partial charge in [-0.05, 0) is 65.0 Å². The van der Waals surface area contributed by atoms with Gasteiger partial charge >= 0.3 is 12.0 Å². The van der Waals surface area contributed by atoms with Crippen molar-refractivity contribution in [3.05, 3.63) is 54.1 Å². The lowest BCUT2D eigenvalue weighted by Gasteiger charge is -2.21. The molecule has 34 heavy (non-hydrogen) atoms. The Morgan fingerprint density at radius 2 is 1.59 bits per heavy atom. The largest absolute Gasteiger partial charge is 0.490 e. The van der Waals surface area contributed by atoms with Gasteiger partial charge in [-0.3, -0.25) is 10.1 Å². The zero-order valence-corrected chi connectivity index (χ0v) is 20.2. The van der Waals surface area contributed by atoms with Crippen molar-refractivity contribution in [3.63, 3.8) is 0 Å². The SMILES string of the molecule is CCOc1cc(C(=O)OC(C)C(=O)NC(=O)NC(C)(C)C)ccc1OCCOc1ccccc1. The highest BCUT2D eigenvalue weighted by atomic mass is 16.6. The second-order valence-corrected chi connectivity index (χ2v) is 8.35. The Morgan fingerprint density at radius 3 is 2.24 bits per heavy atom. The Balaban J connectivity index is 1.93. The van der Waals surface area contributed by atoms with Gasteiger partial charge in [0.15, 0.2) is 17.6 Å². The predicted molar refractivity (Wildman–Crippen MR) is 126 cm³/mol. The van der Waals surface area contributed by atoms with Crippen molar-refractivity contribution in [2.75, 3.05) is 19.8 Å². The summed E-state index contributed by atoms with van der Waals surface area (Å²) in [7, 11) is 0. The van der Waals surface area contributed by atoms with E-state index in [1.165, 1.54) is 19.1 Å². The molecule has 0 bridgehead atoms. The van der Waals surface area contributed by atoms with Crippen molar-refractivity contribution in [2.24, 2.45) is 0 Å². The van der Waals surface area contributed by atoms with E-state index < -0.39 is 29.6 Å². The number of benzene rings is 2. The van der Waals surface area contributed by atoms with Crippen LogP contribution in [-0.2, 0) is 9.53 Å². The summed E-state index contributed by atoms with van der Waals surface area (Å²) in [5.41, 5.74) is -0.340. The minimum absolute atomic E-state index is 0.176. The van der Waals surface area contributed by atoms with Crippen molar-refractivity contribution in [3.8, 4) is 17.2 Å². The Kier molecular flexibility index (Phi) is 9.73. The third-order valence-corrected chi connectivity index (χ3v) is 4.21. The first-order valence-electron chi connectivity index (χ1n) is 11.0. The van der Waals surface area contributed by atoms with Crippen LogP contribution >= 0.6 is 0 Å². The molecule has 1 atom stereocenters. The van der Waals surface area contributed by atoms with Crippen molar-refractivity contribution >= 4 is 17.9 Å². The quantitative estimate of drug-likeness (QED) is 0.400. The van der Waals surface area contributed by atoms with Gasteiger partial charge in [0.05, 0.1) is 12.2 Å². The highest BCUT2D eigenvalue weighted by Crippen LogP contribution is 2.29. The molecule has 9 heteroatoms. The van der Waals surface area contributed by atoms with Crippen LogP contribution in [0.3, 0.4) is 0 Å². The van der Waals surface area contributed by atoms with E-state index >= 15 is 0 Å². The highest BCUT2D eigenvalue weighted by molar-refractivity contribution is 5.98. The molecule has 0 fully saturated rings. The highest BCUT2D eigenvalue weighted by Gasteiger charge is 2.23. The minimum atomic E-state index is -1.18. The normalized spacial score (nSPS) is 11.7. The van der Waals surface area contributed by atoms with Crippen molar-refractivity contribution in [1.29, 1.82) is 0 Å². The van der Waals surface area contributed by atoms with Gasteiger partial charge in [0, 0.05) is 5.54 Å². The fourth-order valence-electron chi connectivity index (χ4n) is 2.72. The monoisotopic (exact) mass is 472 g/mol. The molecule has 2 aromatic carbocycles. The van der Waals surface area contributed by atoms with Crippen molar-refractivity contribution in [2.45, 2.75) is 46.3 Å². The maximum absolute atomic E-state index is 12.5. The molecular weight excluding hydrogens is 440 g/mol. The molecule has 0 aliphatic heterocycles. The number of carbonyl (C=O) groups excluding carboxylic acids is 3. The van der Waals surface area contributed by atoms with E-state index in [2.05, 4.69) is 10.6 Å². The molecular formula is C25H32N2O7. The van der Waals surface area contributed by atoms with Gasteiger partial charge in [0.25, 0.3) is 5.91 Å². The molecule has 184 valence electrons. The maximum Gasteiger partial charge on any atom is 0.339 e. The second-order valence-electron chi connectivity index (χ2n) is 8.35. The summed E-state index contributed by atoms with van der Waals surface area (Å²) in [6.07, 6.45) is -1.18. The molecule has 1 unspecified atom stereocenters. The van der Waals surface area contributed by atoms with Crippen LogP contribution in [0.5, 0.6) is 17.2 Å². The van der Waals surface area contributed by atoms with Gasteiger partial charge in [0.2, 0.25) is 0 Å². The molecule has 0 aliphatic rings. The minimum Gasteiger partial charge on any atom is -0.490 e. The van der Waals surface area contributed by atoms with Crippen LogP contribution in [0.25, 0.3) is 0 Å². The molecule has 0 radical (unpaired) electrons. The number of amides is 3. The summed E-state index contributed by atoms with van der Waals surface area (Å²) in [5, 5.41) is 4.75. The predicted octanol–water partition coefficient (Wildman–Crippen LogP) is 3.71. The molecule has 0 saturated heterocycles. The van der Waals surface area contributed by atoms with E-state index in [0.29, 0.717) is 24.7 Å². The third-order valence-electron chi connectivity index (χ3n) is 4.21. The fraction of sp³-hybridized carbons (Fsp3) is 0.400. The van der Waals surface area contributed by atoms with E-state index in [9.17, 15) is 14.4 Å². The Labute approximate surface area is 199 Å². The zero-order valence-electron chi connectivity index (χ0n) is 20.2. The van der Waals surface area contributed by atoms with Gasteiger partial charge in [-0.25, -0.2) is 9.59 Å². The van der Waals surface area contributed by atoms with Gasteiger partial charge in [-0.2, -0.15) is 0 Å². The number of esters is 1. The summed E-state index contributed by atoms with van der Waals surface area (Å²) in [4.78, 5) is 36.6. The standard InChI is InChI=1S/C25H32N2O7/c1-6-31-21-16-18(12-13-20(21)33-15-14-32-19-10-8-7-9-11-19)23(29)34-17(2)22(28)26-24(30)27-25(3,4)5/h7-13,16-17H,6,14-15H2,1-5H3,(H2,26,27,28,30). The van der Waals surface area contributed by atoms with Crippen LogP contribution < -0.4 is 24.8 Å². The molecule has 0 aromatic heterocycles. The lowest BCUT2D eigenvalue weighted by Crippen LogP contribution is -2.50. The first kappa shape index (κ1) is 26.5. The van der Waals surface area contributed by atoms with Gasteiger partial charge < -0.3 is 24.3 Å². The average Bonchev–Trinajstić information content (AvgIpc) is 2.76. The average molecular weight is 473 g/mol. The fourth-order valence-corrected chi connectivity index (χ4v) is 2.72. The molecule has 0 saturated carbocycles. The lowest BCUT2D eigenvalue weighted by molar-refractivity contribution is -0.127. The number of ether oxygens (including phenoxy) is 4. The van der Waals surface area contributed by atoms with E-state index in [1.54, 1.807) is 26.8 Å². The third kappa shape index (κ3) is 9.01. The van der Waals surface area contributed by atoms with Crippen molar-refractivity contribution < 1.29 is 33.3 Å². The zero-order chi connectivity index (χ0) is 25.1. The second kappa shape index (κ2) is 12.5. The molecule has 2 N–H and O–H groups in total. The number of imide groups is 1. The number of para-hydroxylation sites is 1. The Hall–Kier alpha value is -3.75. The Morgan fingerprint density at radius 1 is 0.912 bits per heavy atom. The lowest BCUT2D eigenvalue weighted by atomic mass is 10.1. The number of nitrogens with one attached hydrogen (secondary N) is 2. The first-order chi connectivity index (χ1) is 16.1. The van der Waals surface area contributed by atoms with Crippen molar-refractivity contribution in [1.82, 2.24) is 10.6 Å². The van der Waals surface area contributed by atoms with E-state index in [4.69, 9.17) is 18.9 Å². The van der Waals surface area contributed by atoms with Crippen LogP contribution in [0.2, 0.25) is 0 Å². The molecule has 0 aliphatic carbocycles. The number of hydrogen-bond acceptors (Lipinski definition) is 7. The summed E-state index contributed by atoms with van der Waals surface area (Å²) in [6.45, 7) is 9.48. The van der Waals surface area contributed by atoms with E-state index in [1.807, 2.05) is 37.3 Å². The number of carbonyl (C=O) groups is 3. The molecule has 3 amide bonds. The number of urea groups is 1. The van der Waals surface area contributed by atoms with Crippen LogP contribution in [0.1, 0.15) is 45.0 Å². The molecule has 2 rings (SSSR count). The van der Waals surface area contributed by atoms with E-state index in [-0.39, 0.29) is 12.2 Å². The topological polar surface area (TPSA) is 112 Å². The van der Waals surface area contributed by atoms with Gasteiger partial charge in [-0.1, -0.05) is 18.2 Å². The Bertz CT molecular complexity index is 971. The number of hydrogen-bond donors (Lipinski definition) is 2. The summed E-state index contributed by atoms with van der Waals surface area (Å²) in [5.74, 6) is 0.0681. The first-order valence-corrected chi connectivity index (χ1v) is 11.0. The maximum atomic E-state index is 12.5. The van der Waals surface area contributed by atoms with Crippen LogP contribution in [-0.4, -0.2) is 49.4 Å². The smallest absolute Gasteiger partial charge is 0.339 e.